The van der Waals surface area contributed by atoms with E-state index in [0.29, 0.717) is 0 Å². The van der Waals surface area contributed by atoms with Gasteiger partial charge in [-0.05, 0) is 13.3 Å². The Bertz CT molecular complexity index is 189. The highest BCUT2D eigenvalue weighted by molar-refractivity contribution is 6.27. The highest BCUT2D eigenvalue weighted by atomic mass is 35.5. The van der Waals surface area contributed by atoms with E-state index in [0.717, 1.165) is 19.5 Å². The Kier molecular flexibility index (Phi) is 2.94. The van der Waals surface area contributed by atoms with Crippen LogP contribution in [0.2, 0.25) is 0 Å². The molecular weight excluding hydrogens is 162 g/mol. The Hall–Kier alpha value is -0.500. The Morgan fingerprint density at radius 2 is 2.55 bits per heavy atom. The fourth-order valence-electron chi connectivity index (χ4n) is 1.08. The standard InChI is InChI=1S/C8H12ClNO/c1-7-2-4-10(5-3-7)8(11)6-9/h2H,3-6H2,1H3. The van der Waals surface area contributed by atoms with E-state index in [1.165, 1.54) is 5.57 Å². The van der Waals surface area contributed by atoms with E-state index in [1.807, 2.05) is 0 Å². The van der Waals surface area contributed by atoms with Gasteiger partial charge in [0.15, 0.2) is 0 Å². The molecule has 1 rings (SSSR count). The molecule has 0 saturated heterocycles. The lowest BCUT2D eigenvalue weighted by atomic mass is 10.1. The lowest BCUT2D eigenvalue weighted by Crippen LogP contribution is -2.35. The van der Waals surface area contributed by atoms with E-state index in [9.17, 15) is 4.79 Å². The van der Waals surface area contributed by atoms with Gasteiger partial charge in [0.05, 0.1) is 0 Å². The Labute approximate surface area is 71.8 Å². The molecular formula is C8H12ClNO. The minimum absolute atomic E-state index is 0.0374. The molecule has 0 bridgehead atoms. The molecule has 0 fully saturated rings. The highest BCUT2D eigenvalue weighted by Crippen LogP contribution is 2.09. The van der Waals surface area contributed by atoms with Crippen molar-refractivity contribution >= 4 is 17.5 Å². The molecule has 1 amide bonds. The summed E-state index contributed by atoms with van der Waals surface area (Å²) in [4.78, 5) is 12.8. The highest BCUT2D eigenvalue weighted by Gasteiger charge is 2.13. The second-order valence-corrected chi connectivity index (χ2v) is 3.04. The minimum Gasteiger partial charge on any atom is -0.338 e. The summed E-state index contributed by atoms with van der Waals surface area (Å²) < 4.78 is 0. The van der Waals surface area contributed by atoms with Crippen LogP contribution in [0.4, 0.5) is 0 Å². The van der Waals surface area contributed by atoms with Gasteiger partial charge < -0.3 is 4.90 Å². The van der Waals surface area contributed by atoms with Crippen LogP contribution in [0.15, 0.2) is 11.6 Å². The first-order chi connectivity index (χ1) is 5.24. The van der Waals surface area contributed by atoms with Crippen molar-refractivity contribution < 1.29 is 4.79 Å². The van der Waals surface area contributed by atoms with Gasteiger partial charge in [-0.1, -0.05) is 11.6 Å². The fraction of sp³-hybridized carbons (Fsp3) is 0.625. The number of rotatable bonds is 1. The summed E-state index contributed by atoms with van der Waals surface area (Å²) in [6, 6.07) is 0. The smallest absolute Gasteiger partial charge is 0.237 e. The van der Waals surface area contributed by atoms with Crippen molar-refractivity contribution in [3.05, 3.63) is 11.6 Å². The molecule has 11 heavy (non-hydrogen) atoms. The molecule has 0 aliphatic carbocycles. The molecule has 0 N–H and O–H groups in total. The quantitative estimate of drug-likeness (QED) is 0.434. The van der Waals surface area contributed by atoms with Crippen molar-refractivity contribution in [1.82, 2.24) is 4.90 Å². The third-order valence-electron chi connectivity index (χ3n) is 1.90. The maximum Gasteiger partial charge on any atom is 0.237 e. The lowest BCUT2D eigenvalue weighted by Gasteiger charge is -2.24. The first-order valence-electron chi connectivity index (χ1n) is 3.73. The van der Waals surface area contributed by atoms with Gasteiger partial charge in [-0.15, -0.1) is 11.6 Å². The number of hydrogen-bond donors (Lipinski definition) is 0. The first-order valence-corrected chi connectivity index (χ1v) is 4.27. The van der Waals surface area contributed by atoms with Gasteiger partial charge in [-0.3, -0.25) is 4.79 Å². The summed E-state index contributed by atoms with van der Waals surface area (Å²) in [7, 11) is 0. The largest absolute Gasteiger partial charge is 0.338 e. The average Bonchev–Trinajstić information content (AvgIpc) is 2.05. The normalized spacial score (nSPS) is 18.0. The molecule has 0 aromatic heterocycles. The van der Waals surface area contributed by atoms with Crippen LogP contribution in [0.1, 0.15) is 13.3 Å². The molecule has 0 atom stereocenters. The predicted octanol–water partition coefficient (Wildman–Crippen LogP) is 1.40. The molecule has 1 heterocycles. The Balaban J connectivity index is 2.47. The van der Waals surface area contributed by atoms with E-state index in [4.69, 9.17) is 11.6 Å². The molecule has 2 nitrogen and oxygen atoms in total. The van der Waals surface area contributed by atoms with E-state index < -0.39 is 0 Å². The van der Waals surface area contributed by atoms with Gasteiger partial charge in [0.25, 0.3) is 0 Å². The number of carbonyl (C=O) groups excluding carboxylic acids is 1. The zero-order chi connectivity index (χ0) is 8.27. The van der Waals surface area contributed by atoms with Crippen LogP contribution in [-0.4, -0.2) is 29.8 Å². The zero-order valence-electron chi connectivity index (χ0n) is 6.64. The zero-order valence-corrected chi connectivity index (χ0v) is 7.40. The van der Waals surface area contributed by atoms with Crippen LogP contribution >= 0.6 is 11.6 Å². The Morgan fingerprint density at radius 3 is 3.00 bits per heavy atom. The van der Waals surface area contributed by atoms with E-state index in [-0.39, 0.29) is 11.8 Å². The summed E-state index contributed by atoms with van der Waals surface area (Å²) in [6.07, 6.45) is 3.07. The second-order valence-electron chi connectivity index (χ2n) is 2.77. The van der Waals surface area contributed by atoms with Crippen LogP contribution in [-0.2, 0) is 4.79 Å². The van der Waals surface area contributed by atoms with Gasteiger partial charge >= 0.3 is 0 Å². The number of halogens is 1. The molecule has 0 saturated carbocycles. The summed E-state index contributed by atoms with van der Waals surface area (Å²) in [6.45, 7) is 3.65. The van der Waals surface area contributed by atoms with E-state index >= 15 is 0 Å². The number of carbonyl (C=O) groups is 1. The molecule has 0 unspecified atom stereocenters. The van der Waals surface area contributed by atoms with Crippen molar-refractivity contribution in [1.29, 1.82) is 0 Å². The van der Waals surface area contributed by atoms with Crippen LogP contribution in [0.25, 0.3) is 0 Å². The van der Waals surface area contributed by atoms with E-state index in [1.54, 1.807) is 4.90 Å². The van der Waals surface area contributed by atoms with Gasteiger partial charge in [0.2, 0.25) is 5.91 Å². The molecule has 62 valence electrons. The predicted molar refractivity (Wildman–Crippen MR) is 45.7 cm³/mol. The minimum atomic E-state index is 0.0374. The van der Waals surface area contributed by atoms with Crippen molar-refractivity contribution in [2.75, 3.05) is 19.0 Å². The second kappa shape index (κ2) is 3.77. The summed E-state index contributed by atoms with van der Waals surface area (Å²) in [5.41, 5.74) is 1.36. The average molecular weight is 174 g/mol. The van der Waals surface area contributed by atoms with Gasteiger partial charge in [0.1, 0.15) is 5.88 Å². The summed E-state index contributed by atoms with van der Waals surface area (Å²) in [5, 5.41) is 0. The summed E-state index contributed by atoms with van der Waals surface area (Å²) in [5.74, 6) is 0.141. The summed E-state index contributed by atoms with van der Waals surface area (Å²) >= 11 is 5.41. The molecule has 0 aromatic carbocycles. The number of amides is 1. The van der Waals surface area contributed by atoms with E-state index in [2.05, 4.69) is 13.0 Å². The molecule has 0 radical (unpaired) electrons. The number of alkyl halides is 1. The maximum absolute atomic E-state index is 11.0. The van der Waals surface area contributed by atoms with Gasteiger partial charge in [0, 0.05) is 13.1 Å². The molecule has 0 spiro atoms. The number of hydrogen-bond acceptors (Lipinski definition) is 1. The van der Waals surface area contributed by atoms with Crippen LogP contribution in [0.3, 0.4) is 0 Å². The van der Waals surface area contributed by atoms with Gasteiger partial charge in [-0.2, -0.15) is 0 Å². The SMILES string of the molecule is CC1=CCN(C(=O)CCl)CC1. The fourth-order valence-corrected chi connectivity index (χ4v) is 1.25. The monoisotopic (exact) mass is 173 g/mol. The van der Waals surface area contributed by atoms with Crippen LogP contribution in [0.5, 0.6) is 0 Å². The molecule has 0 aromatic rings. The maximum atomic E-state index is 11.0. The molecule has 1 aliphatic rings. The first kappa shape index (κ1) is 8.60. The van der Waals surface area contributed by atoms with Crippen molar-refractivity contribution in [3.63, 3.8) is 0 Å². The van der Waals surface area contributed by atoms with Gasteiger partial charge in [-0.25, -0.2) is 0 Å². The molecule has 3 heteroatoms. The third kappa shape index (κ3) is 2.22. The van der Waals surface area contributed by atoms with Crippen LogP contribution < -0.4 is 0 Å². The molecule has 1 aliphatic heterocycles. The third-order valence-corrected chi connectivity index (χ3v) is 2.13. The topological polar surface area (TPSA) is 20.3 Å². The van der Waals surface area contributed by atoms with Crippen molar-refractivity contribution in [3.8, 4) is 0 Å². The van der Waals surface area contributed by atoms with Crippen LogP contribution in [0, 0.1) is 0 Å². The Morgan fingerprint density at radius 1 is 1.82 bits per heavy atom. The number of nitrogens with zero attached hydrogens (tertiary/aromatic N) is 1. The van der Waals surface area contributed by atoms with Crippen molar-refractivity contribution in [2.45, 2.75) is 13.3 Å². The lowest BCUT2D eigenvalue weighted by molar-refractivity contribution is -0.128. The van der Waals surface area contributed by atoms with Crippen molar-refractivity contribution in [2.24, 2.45) is 0 Å².